The zero-order valence-electron chi connectivity index (χ0n) is 13.9. The summed E-state index contributed by atoms with van der Waals surface area (Å²) in [4.78, 5) is 29.7. The van der Waals surface area contributed by atoms with Crippen molar-refractivity contribution >= 4 is 49.4 Å². The lowest BCUT2D eigenvalue weighted by molar-refractivity contribution is -0.137. The summed E-state index contributed by atoms with van der Waals surface area (Å²) in [5.41, 5.74) is 0.966. The fraction of sp³-hybridized carbons (Fsp3) is 0.500. The van der Waals surface area contributed by atoms with E-state index in [2.05, 4.69) is 20.9 Å². The first-order valence-electron chi connectivity index (χ1n) is 8.56. The van der Waals surface area contributed by atoms with Crippen LogP contribution in [0.5, 0.6) is 0 Å². The van der Waals surface area contributed by atoms with Crippen molar-refractivity contribution in [2.45, 2.75) is 38.5 Å². The van der Waals surface area contributed by atoms with Crippen LogP contribution in [0.15, 0.2) is 22.7 Å². The van der Waals surface area contributed by atoms with Gasteiger partial charge in [-0.2, -0.15) is 0 Å². The van der Waals surface area contributed by atoms with E-state index in [-0.39, 0.29) is 12.3 Å². The Bertz CT molecular complexity index is 777. The third-order valence-electron chi connectivity index (χ3n) is 4.58. The fourth-order valence-electron chi connectivity index (χ4n) is 3.28. The predicted octanol–water partition coefficient (Wildman–Crippen LogP) is 4.09. The largest absolute Gasteiger partial charge is 0.481 e. The van der Waals surface area contributed by atoms with E-state index in [0.29, 0.717) is 31.7 Å². The van der Waals surface area contributed by atoms with Crippen molar-refractivity contribution < 1.29 is 14.7 Å². The van der Waals surface area contributed by atoms with Gasteiger partial charge in [-0.25, -0.2) is 4.98 Å². The van der Waals surface area contributed by atoms with Gasteiger partial charge in [0.25, 0.3) is 0 Å². The average molecular weight is 425 g/mol. The van der Waals surface area contributed by atoms with Crippen LogP contribution in [0.4, 0.5) is 0 Å². The third-order valence-corrected chi connectivity index (χ3v) is 6.17. The van der Waals surface area contributed by atoms with Crippen LogP contribution in [0.3, 0.4) is 0 Å². The monoisotopic (exact) mass is 424 g/mol. The van der Waals surface area contributed by atoms with Gasteiger partial charge in [0, 0.05) is 36.8 Å². The number of thiazole rings is 1. The lowest BCUT2D eigenvalue weighted by Crippen LogP contribution is -2.40. The highest BCUT2D eigenvalue weighted by Gasteiger charge is 2.24. The van der Waals surface area contributed by atoms with E-state index < -0.39 is 5.97 Å². The Morgan fingerprint density at radius 1 is 1.36 bits per heavy atom. The SMILES string of the molecule is O=C(O)CC[C@@H]1CCCN(C(=O)CCc2nc3cc(Br)ccc3s2)C1. The normalized spacial score (nSPS) is 17.8. The molecule has 0 saturated carbocycles. The topological polar surface area (TPSA) is 70.5 Å². The minimum absolute atomic E-state index is 0.153. The highest BCUT2D eigenvalue weighted by molar-refractivity contribution is 9.10. The molecule has 1 fully saturated rings. The molecule has 134 valence electrons. The van der Waals surface area contributed by atoms with Crippen molar-refractivity contribution in [2.24, 2.45) is 5.92 Å². The van der Waals surface area contributed by atoms with Gasteiger partial charge in [0.05, 0.1) is 15.2 Å². The van der Waals surface area contributed by atoms with Crippen molar-refractivity contribution in [2.75, 3.05) is 13.1 Å². The number of halogens is 1. The molecule has 2 heterocycles. The van der Waals surface area contributed by atoms with Gasteiger partial charge in [0.15, 0.2) is 0 Å². The van der Waals surface area contributed by atoms with Gasteiger partial charge in [0.1, 0.15) is 0 Å². The number of likely N-dealkylation sites (tertiary alicyclic amines) is 1. The number of aliphatic carboxylic acids is 1. The summed E-state index contributed by atoms with van der Waals surface area (Å²) in [5.74, 6) is -0.292. The molecule has 1 N–H and O–H groups in total. The number of hydrogen-bond donors (Lipinski definition) is 1. The number of amides is 1. The van der Waals surface area contributed by atoms with Crippen LogP contribution < -0.4 is 0 Å². The number of carbonyl (C=O) groups excluding carboxylic acids is 1. The molecule has 0 aliphatic carbocycles. The van der Waals surface area contributed by atoms with Crippen LogP contribution in [-0.2, 0) is 16.0 Å². The minimum atomic E-state index is -0.758. The molecule has 0 radical (unpaired) electrons. The molecule has 25 heavy (non-hydrogen) atoms. The Morgan fingerprint density at radius 3 is 3.00 bits per heavy atom. The Kier molecular flexibility index (Phi) is 6.06. The number of fused-ring (bicyclic) bond motifs is 1. The second-order valence-electron chi connectivity index (χ2n) is 6.50. The fourth-order valence-corrected chi connectivity index (χ4v) is 4.58. The van der Waals surface area contributed by atoms with Crippen LogP contribution in [0.2, 0.25) is 0 Å². The zero-order chi connectivity index (χ0) is 17.8. The molecule has 0 bridgehead atoms. The van der Waals surface area contributed by atoms with E-state index in [9.17, 15) is 9.59 Å². The number of carbonyl (C=O) groups is 2. The van der Waals surface area contributed by atoms with E-state index >= 15 is 0 Å². The van der Waals surface area contributed by atoms with Crippen LogP contribution >= 0.6 is 27.3 Å². The van der Waals surface area contributed by atoms with E-state index in [1.165, 1.54) is 0 Å². The average Bonchev–Trinajstić information content (AvgIpc) is 3.00. The van der Waals surface area contributed by atoms with Crippen LogP contribution in [0, 0.1) is 5.92 Å². The van der Waals surface area contributed by atoms with Gasteiger partial charge in [-0.05, 0) is 43.4 Å². The second-order valence-corrected chi connectivity index (χ2v) is 8.53. The molecule has 7 heteroatoms. The molecular weight excluding hydrogens is 404 g/mol. The quantitative estimate of drug-likeness (QED) is 0.757. The summed E-state index contributed by atoms with van der Waals surface area (Å²) in [6.07, 6.45) is 3.95. The van der Waals surface area contributed by atoms with Crippen LogP contribution in [0.25, 0.3) is 10.2 Å². The van der Waals surface area contributed by atoms with E-state index in [1.807, 2.05) is 23.1 Å². The molecular formula is C18H21BrN2O3S. The van der Waals surface area contributed by atoms with Crippen LogP contribution in [0.1, 0.15) is 37.1 Å². The molecule has 1 aliphatic heterocycles. The number of benzene rings is 1. The maximum atomic E-state index is 12.5. The Labute approximate surface area is 159 Å². The number of carboxylic acid groups (broad SMARTS) is 1. The lowest BCUT2D eigenvalue weighted by atomic mass is 9.93. The maximum absolute atomic E-state index is 12.5. The van der Waals surface area contributed by atoms with Crippen molar-refractivity contribution in [3.8, 4) is 0 Å². The Balaban J connectivity index is 1.53. The molecule has 5 nitrogen and oxygen atoms in total. The van der Waals surface area contributed by atoms with E-state index in [4.69, 9.17) is 5.11 Å². The van der Waals surface area contributed by atoms with E-state index in [0.717, 1.165) is 39.1 Å². The smallest absolute Gasteiger partial charge is 0.303 e. The number of nitrogens with zero attached hydrogens (tertiary/aromatic N) is 2. The van der Waals surface area contributed by atoms with Crippen molar-refractivity contribution in [1.29, 1.82) is 0 Å². The standard InChI is InChI=1S/C18H21BrN2O3S/c19-13-4-5-15-14(10-13)20-16(25-15)6-7-17(22)21-9-1-2-12(11-21)3-8-18(23)24/h4-5,10,12H,1-3,6-9,11H2,(H,23,24)/t12-/m0/s1. The zero-order valence-corrected chi connectivity index (χ0v) is 16.3. The first kappa shape index (κ1) is 18.3. The molecule has 1 aromatic heterocycles. The summed E-state index contributed by atoms with van der Waals surface area (Å²) >= 11 is 5.09. The van der Waals surface area contributed by atoms with E-state index in [1.54, 1.807) is 11.3 Å². The Hall–Kier alpha value is -1.47. The molecule has 1 atom stereocenters. The lowest BCUT2D eigenvalue weighted by Gasteiger charge is -2.32. The van der Waals surface area contributed by atoms with Gasteiger partial charge in [0.2, 0.25) is 5.91 Å². The van der Waals surface area contributed by atoms with Gasteiger partial charge in [-0.1, -0.05) is 15.9 Å². The first-order chi connectivity index (χ1) is 12.0. The number of rotatable bonds is 6. The van der Waals surface area contributed by atoms with Crippen molar-refractivity contribution in [1.82, 2.24) is 9.88 Å². The summed E-state index contributed by atoms with van der Waals surface area (Å²) < 4.78 is 2.14. The van der Waals surface area contributed by atoms with Gasteiger partial charge >= 0.3 is 5.97 Å². The molecule has 0 spiro atoms. The molecule has 2 aromatic rings. The predicted molar refractivity (Wildman–Crippen MR) is 102 cm³/mol. The highest BCUT2D eigenvalue weighted by Crippen LogP contribution is 2.26. The second kappa shape index (κ2) is 8.27. The third kappa shape index (κ3) is 5.01. The molecule has 3 rings (SSSR count). The molecule has 1 aromatic carbocycles. The molecule has 1 amide bonds. The maximum Gasteiger partial charge on any atom is 0.303 e. The number of aryl methyl sites for hydroxylation is 1. The summed E-state index contributed by atoms with van der Waals surface area (Å²) in [7, 11) is 0. The van der Waals surface area contributed by atoms with Gasteiger partial charge < -0.3 is 10.0 Å². The number of piperidine rings is 1. The molecule has 0 unspecified atom stereocenters. The molecule has 1 aliphatic rings. The first-order valence-corrected chi connectivity index (χ1v) is 10.2. The van der Waals surface area contributed by atoms with Gasteiger partial charge in [-0.3, -0.25) is 9.59 Å². The Morgan fingerprint density at radius 2 is 2.20 bits per heavy atom. The number of hydrogen-bond acceptors (Lipinski definition) is 4. The number of carboxylic acids is 1. The minimum Gasteiger partial charge on any atom is -0.481 e. The molecule has 1 saturated heterocycles. The van der Waals surface area contributed by atoms with Gasteiger partial charge in [-0.15, -0.1) is 11.3 Å². The summed E-state index contributed by atoms with van der Waals surface area (Å²) in [6.45, 7) is 1.48. The summed E-state index contributed by atoms with van der Waals surface area (Å²) in [6, 6.07) is 6.04. The van der Waals surface area contributed by atoms with Crippen molar-refractivity contribution in [3.63, 3.8) is 0 Å². The highest BCUT2D eigenvalue weighted by atomic mass is 79.9. The van der Waals surface area contributed by atoms with Crippen molar-refractivity contribution in [3.05, 3.63) is 27.7 Å². The van der Waals surface area contributed by atoms with Crippen LogP contribution in [-0.4, -0.2) is 40.0 Å². The summed E-state index contributed by atoms with van der Waals surface area (Å²) in [5, 5.41) is 9.80. The number of aromatic nitrogens is 1.